The highest BCUT2D eigenvalue weighted by Gasteiger charge is 2.19. The quantitative estimate of drug-likeness (QED) is 0.527. The van der Waals surface area contributed by atoms with Gasteiger partial charge in [-0.25, -0.2) is 4.39 Å². The minimum Gasteiger partial charge on any atom is -0.452 e. The first-order chi connectivity index (χ1) is 10.1. The zero-order valence-electron chi connectivity index (χ0n) is 10.9. The lowest BCUT2D eigenvalue weighted by atomic mass is 9.79. The van der Waals surface area contributed by atoms with Crippen molar-refractivity contribution in [1.29, 1.82) is 0 Å². The maximum atomic E-state index is 14.1. The summed E-state index contributed by atoms with van der Waals surface area (Å²) in [5.41, 5.74) is 0.841. The Morgan fingerprint density at radius 3 is 2.48 bits per heavy atom. The van der Waals surface area contributed by atoms with Crippen LogP contribution in [0.4, 0.5) is 4.39 Å². The largest absolute Gasteiger partial charge is 0.488 e. The average molecular weight is 280 g/mol. The average Bonchev–Trinajstić information content (AvgIpc) is 2.87. The Hall–Kier alpha value is -2.37. The number of rotatable bonds is 1. The number of halogens is 1. The van der Waals surface area contributed by atoms with Crippen molar-refractivity contribution in [2.24, 2.45) is 0 Å². The van der Waals surface area contributed by atoms with Crippen LogP contribution in [0.5, 0.6) is 0 Å². The van der Waals surface area contributed by atoms with E-state index in [4.69, 9.17) is 4.42 Å². The summed E-state index contributed by atoms with van der Waals surface area (Å²) in [6.45, 7) is 0. The van der Waals surface area contributed by atoms with E-state index in [0.29, 0.717) is 11.0 Å². The Labute approximate surface area is 119 Å². The number of benzene rings is 3. The van der Waals surface area contributed by atoms with Crippen LogP contribution >= 0.6 is 0 Å². The topological polar surface area (TPSA) is 53.6 Å². The molecule has 0 aliphatic heterocycles. The fourth-order valence-corrected chi connectivity index (χ4v) is 2.73. The Balaban J connectivity index is 2.20. The van der Waals surface area contributed by atoms with E-state index in [1.54, 1.807) is 6.07 Å². The van der Waals surface area contributed by atoms with Gasteiger partial charge in [0.25, 0.3) is 0 Å². The van der Waals surface area contributed by atoms with Crippen molar-refractivity contribution in [3.8, 4) is 0 Å². The summed E-state index contributed by atoms with van der Waals surface area (Å²) in [4.78, 5) is 0. The van der Waals surface area contributed by atoms with Crippen molar-refractivity contribution in [2.75, 3.05) is 0 Å². The maximum Gasteiger partial charge on any atom is 0.488 e. The van der Waals surface area contributed by atoms with Crippen LogP contribution in [-0.4, -0.2) is 17.2 Å². The van der Waals surface area contributed by atoms with Gasteiger partial charge in [-0.05, 0) is 23.0 Å². The molecular formula is C16H10BFO3. The molecular weight excluding hydrogens is 270 g/mol. The van der Waals surface area contributed by atoms with Gasteiger partial charge in [0.2, 0.25) is 0 Å². The van der Waals surface area contributed by atoms with Crippen LogP contribution < -0.4 is 5.46 Å². The molecule has 0 fully saturated rings. The molecule has 1 aromatic heterocycles. The minimum absolute atomic E-state index is 0.107. The molecule has 0 spiro atoms. The first-order valence-corrected chi connectivity index (χ1v) is 6.55. The van der Waals surface area contributed by atoms with Crippen molar-refractivity contribution in [2.45, 2.75) is 0 Å². The van der Waals surface area contributed by atoms with Gasteiger partial charge >= 0.3 is 7.12 Å². The SMILES string of the molecule is OB(O)c1cc(F)c2oc3c4ccccc4ccc3c2c1. The van der Waals surface area contributed by atoms with Crippen LogP contribution in [0, 0.1) is 5.82 Å². The third-order valence-electron chi connectivity index (χ3n) is 3.74. The standard InChI is InChI=1S/C16H10BFO3/c18-14-8-10(17(19)20)7-13-12-6-5-9-3-1-2-4-11(9)15(12)21-16(13)14/h1-8,19-20H. The predicted octanol–water partition coefficient (Wildman–Crippen LogP) is 2.56. The highest BCUT2D eigenvalue weighted by molar-refractivity contribution is 6.59. The second-order valence-corrected chi connectivity index (χ2v) is 5.02. The molecule has 0 aliphatic rings. The maximum absolute atomic E-state index is 14.1. The molecule has 0 saturated heterocycles. The number of hydrogen-bond acceptors (Lipinski definition) is 3. The molecule has 3 aromatic carbocycles. The van der Waals surface area contributed by atoms with E-state index in [0.717, 1.165) is 22.2 Å². The second-order valence-electron chi connectivity index (χ2n) is 5.02. The van der Waals surface area contributed by atoms with Crippen LogP contribution in [0.1, 0.15) is 0 Å². The number of furan rings is 1. The molecule has 1 heterocycles. The lowest BCUT2D eigenvalue weighted by molar-refractivity contribution is 0.425. The summed E-state index contributed by atoms with van der Waals surface area (Å²) in [7, 11) is -1.71. The van der Waals surface area contributed by atoms with Gasteiger partial charge in [0.1, 0.15) is 5.58 Å². The molecule has 21 heavy (non-hydrogen) atoms. The first-order valence-electron chi connectivity index (χ1n) is 6.55. The van der Waals surface area contributed by atoms with Crippen LogP contribution in [0.3, 0.4) is 0 Å². The van der Waals surface area contributed by atoms with Gasteiger partial charge in [-0.3, -0.25) is 0 Å². The molecule has 2 N–H and O–H groups in total. The fourth-order valence-electron chi connectivity index (χ4n) is 2.73. The summed E-state index contributed by atoms with van der Waals surface area (Å²) in [5.74, 6) is -0.601. The van der Waals surface area contributed by atoms with Crippen molar-refractivity contribution >= 4 is 45.3 Å². The highest BCUT2D eigenvalue weighted by Crippen LogP contribution is 2.34. The molecule has 3 nitrogen and oxygen atoms in total. The Bertz CT molecular complexity index is 991. The normalized spacial score (nSPS) is 11.6. The van der Waals surface area contributed by atoms with E-state index < -0.39 is 12.9 Å². The summed E-state index contributed by atoms with van der Waals surface area (Å²) < 4.78 is 19.8. The fraction of sp³-hybridized carbons (Fsp3) is 0. The summed E-state index contributed by atoms with van der Waals surface area (Å²) in [6, 6.07) is 14.1. The molecule has 0 atom stereocenters. The van der Waals surface area contributed by atoms with Gasteiger partial charge in [0, 0.05) is 16.2 Å². The summed E-state index contributed by atoms with van der Waals surface area (Å²) in [5, 5.41) is 21.7. The smallest absolute Gasteiger partial charge is 0.452 e. The molecule has 0 bridgehead atoms. The number of fused-ring (bicyclic) bond motifs is 5. The minimum atomic E-state index is -1.71. The molecule has 0 saturated carbocycles. The van der Waals surface area contributed by atoms with Gasteiger partial charge < -0.3 is 14.5 Å². The summed E-state index contributed by atoms with van der Waals surface area (Å²) in [6.07, 6.45) is 0. The van der Waals surface area contributed by atoms with E-state index in [-0.39, 0.29) is 11.0 Å². The molecule has 102 valence electrons. The van der Waals surface area contributed by atoms with Crippen molar-refractivity contribution < 1.29 is 18.9 Å². The Kier molecular flexibility index (Phi) is 2.54. The third kappa shape index (κ3) is 1.75. The molecule has 0 amide bonds. The van der Waals surface area contributed by atoms with E-state index in [9.17, 15) is 14.4 Å². The highest BCUT2D eigenvalue weighted by atomic mass is 19.1. The van der Waals surface area contributed by atoms with Crippen LogP contribution in [0.15, 0.2) is 52.9 Å². The lowest BCUT2D eigenvalue weighted by Gasteiger charge is -2.00. The van der Waals surface area contributed by atoms with Gasteiger partial charge in [-0.15, -0.1) is 0 Å². The molecule has 4 rings (SSSR count). The second kappa shape index (κ2) is 4.31. The van der Waals surface area contributed by atoms with Crippen LogP contribution in [0.2, 0.25) is 0 Å². The van der Waals surface area contributed by atoms with Gasteiger partial charge in [0.05, 0.1) is 0 Å². The van der Waals surface area contributed by atoms with E-state index in [1.165, 1.54) is 0 Å². The first kappa shape index (κ1) is 12.4. The Morgan fingerprint density at radius 1 is 0.857 bits per heavy atom. The van der Waals surface area contributed by atoms with E-state index in [2.05, 4.69) is 0 Å². The zero-order chi connectivity index (χ0) is 14.6. The van der Waals surface area contributed by atoms with Crippen molar-refractivity contribution in [1.82, 2.24) is 0 Å². The molecule has 0 radical (unpaired) electrons. The molecule has 5 heteroatoms. The van der Waals surface area contributed by atoms with Crippen LogP contribution in [0.25, 0.3) is 32.7 Å². The zero-order valence-corrected chi connectivity index (χ0v) is 10.9. The number of hydrogen-bond donors (Lipinski definition) is 2. The molecule has 4 aromatic rings. The lowest BCUT2D eigenvalue weighted by Crippen LogP contribution is -2.29. The monoisotopic (exact) mass is 280 g/mol. The Morgan fingerprint density at radius 2 is 1.67 bits per heavy atom. The van der Waals surface area contributed by atoms with Gasteiger partial charge in [-0.1, -0.05) is 36.4 Å². The molecule has 0 unspecified atom stereocenters. The summed E-state index contributed by atoms with van der Waals surface area (Å²) >= 11 is 0. The van der Waals surface area contributed by atoms with Gasteiger partial charge in [0.15, 0.2) is 11.4 Å². The predicted molar refractivity (Wildman–Crippen MR) is 81.0 cm³/mol. The van der Waals surface area contributed by atoms with Crippen LogP contribution in [-0.2, 0) is 0 Å². The van der Waals surface area contributed by atoms with E-state index >= 15 is 0 Å². The van der Waals surface area contributed by atoms with E-state index in [1.807, 2.05) is 36.4 Å². The van der Waals surface area contributed by atoms with Gasteiger partial charge in [-0.2, -0.15) is 0 Å². The van der Waals surface area contributed by atoms with Crippen molar-refractivity contribution in [3.63, 3.8) is 0 Å². The molecule has 0 aliphatic carbocycles. The third-order valence-corrected chi connectivity index (χ3v) is 3.74. The van der Waals surface area contributed by atoms with Crippen molar-refractivity contribution in [3.05, 3.63) is 54.3 Å².